The molecule has 2 heterocycles. The third-order valence-electron chi connectivity index (χ3n) is 3.62. The van der Waals surface area contributed by atoms with Crippen molar-refractivity contribution in [2.45, 2.75) is 39.4 Å². The first-order chi connectivity index (χ1) is 11.1. The standard InChI is InChI=1S/C15H23N5O2S/c1-3-12(10-21)20(8-13-5-4-11(2)23-13)15(22)14-9-19(7-6-16)18-17-14/h4-5,9,12,21H,3,6-8,10,16H2,1-2H3/t12-/m0/s1. The van der Waals surface area contributed by atoms with Gasteiger partial charge in [0, 0.05) is 16.3 Å². The van der Waals surface area contributed by atoms with Gasteiger partial charge >= 0.3 is 0 Å². The molecule has 0 saturated carbocycles. The molecule has 0 aliphatic heterocycles. The van der Waals surface area contributed by atoms with Gasteiger partial charge in [-0.15, -0.1) is 16.4 Å². The summed E-state index contributed by atoms with van der Waals surface area (Å²) in [5.41, 5.74) is 5.76. The summed E-state index contributed by atoms with van der Waals surface area (Å²) in [6, 6.07) is 3.79. The zero-order valence-corrected chi connectivity index (χ0v) is 14.3. The van der Waals surface area contributed by atoms with Crippen LogP contribution in [0.1, 0.15) is 33.6 Å². The van der Waals surface area contributed by atoms with E-state index in [1.165, 1.54) is 4.88 Å². The Morgan fingerprint density at radius 1 is 1.52 bits per heavy atom. The smallest absolute Gasteiger partial charge is 0.276 e. The quantitative estimate of drug-likeness (QED) is 0.749. The van der Waals surface area contributed by atoms with E-state index in [-0.39, 0.29) is 24.2 Å². The molecular weight excluding hydrogens is 314 g/mol. The van der Waals surface area contributed by atoms with Gasteiger partial charge in [-0.1, -0.05) is 12.1 Å². The number of nitrogens with zero attached hydrogens (tertiary/aromatic N) is 4. The molecule has 1 atom stereocenters. The van der Waals surface area contributed by atoms with Gasteiger partial charge in [0.15, 0.2) is 5.69 Å². The number of rotatable bonds is 8. The number of aliphatic hydroxyl groups excluding tert-OH is 1. The van der Waals surface area contributed by atoms with E-state index in [1.807, 2.05) is 26.0 Å². The molecule has 3 N–H and O–H groups in total. The maximum atomic E-state index is 12.8. The van der Waals surface area contributed by atoms with Gasteiger partial charge in [0.05, 0.1) is 31.9 Å². The van der Waals surface area contributed by atoms with Crippen LogP contribution in [0, 0.1) is 6.92 Å². The van der Waals surface area contributed by atoms with Crippen LogP contribution in [-0.2, 0) is 13.1 Å². The summed E-state index contributed by atoms with van der Waals surface area (Å²) in [5.74, 6) is -0.222. The summed E-state index contributed by atoms with van der Waals surface area (Å²) in [4.78, 5) is 16.7. The van der Waals surface area contributed by atoms with Gasteiger partial charge in [-0.25, -0.2) is 0 Å². The van der Waals surface area contributed by atoms with Crippen LogP contribution in [0.15, 0.2) is 18.3 Å². The van der Waals surface area contributed by atoms with Crippen molar-refractivity contribution >= 4 is 17.2 Å². The summed E-state index contributed by atoms with van der Waals surface area (Å²) in [5, 5.41) is 17.5. The van der Waals surface area contributed by atoms with E-state index in [1.54, 1.807) is 27.1 Å². The van der Waals surface area contributed by atoms with E-state index in [2.05, 4.69) is 10.3 Å². The van der Waals surface area contributed by atoms with Crippen LogP contribution >= 0.6 is 11.3 Å². The monoisotopic (exact) mass is 337 g/mol. The number of thiophene rings is 1. The number of carbonyl (C=O) groups excluding carboxylic acids is 1. The topological polar surface area (TPSA) is 97.3 Å². The first-order valence-corrected chi connectivity index (χ1v) is 8.48. The third-order valence-corrected chi connectivity index (χ3v) is 4.61. The molecule has 0 aromatic carbocycles. The first-order valence-electron chi connectivity index (χ1n) is 7.66. The van der Waals surface area contributed by atoms with Gasteiger partial charge in [-0.05, 0) is 25.5 Å². The molecule has 0 bridgehead atoms. The number of hydrogen-bond donors (Lipinski definition) is 2. The second-order valence-corrected chi connectivity index (χ2v) is 6.72. The second kappa shape index (κ2) is 8.19. The molecule has 2 aromatic heterocycles. The summed E-state index contributed by atoms with van der Waals surface area (Å²) in [6.45, 7) is 5.31. The lowest BCUT2D eigenvalue weighted by molar-refractivity contribution is 0.0560. The fraction of sp³-hybridized carbons (Fsp3) is 0.533. The van der Waals surface area contributed by atoms with Gasteiger partial charge in [0.1, 0.15) is 0 Å². The normalized spacial score (nSPS) is 12.3. The van der Waals surface area contributed by atoms with Crippen molar-refractivity contribution < 1.29 is 9.90 Å². The molecule has 2 aromatic rings. The molecule has 8 heteroatoms. The van der Waals surface area contributed by atoms with Gasteiger partial charge < -0.3 is 15.7 Å². The van der Waals surface area contributed by atoms with Crippen molar-refractivity contribution in [2.24, 2.45) is 5.73 Å². The van der Waals surface area contributed by atoms with Crippen LogP contribution in [0.2, 0.25) is 0 Å². The molecule has 1 amide bonds. The van der Waals surface area contributed by atoms with Gasteiger partial charge in [0.25, 0.3) is 5.91 Å². The summed E-state index contributed by atoms with van der Waals surface area (Å²) in [6.07, 6.45) is 2.27. The van der Waals surface area contributed by atoms with Crippen LogP contribution in [0.4, 0.5) is 0 Å². The SMILES string of the molecule is CC[C@@H](CO)N(Cc1ccc(C)s1)C(=O)c1cn(CCN)nn1. The first kappa shape index (κ1) is 17.6. The predicted molar refractivity (Wildman–Crippen MR) is 89.2 cm³/mol. The minimum absolute atomic E-state index is 0.0798. The van der Waals surface area contributed by atoms with Crippen molar-refractivity contribution in [3.8, 4) is 0 Å². The van der Waals surface area contributed by atoms with Crippen LogP contribution in [0.25, 0.3) is 0 Å². The van der Waals surface area contributed by atoms with Crippen LogP contribution in [-0.4, -0.2) is 50.1 Å². The molecule has 7 nitrogen and oxygen atoms in total. The minimum Gasteiger partial charge on any atom is -0.394 e. The van der Waals surface area contributed by atoms with Gasteiger partial charge in [-0.3, -0.25) is 9.48 Å². The molecule has 126 valence electrons. The van der Waals surface area contributed by atoms with Crippen molar-refractivity contribution in [3.05, 3.63) is 33.8 Å². The predicted octanol–water partition coefficient (Wildman–Crippen LogP) is 1.02. The molecule has 0 aliphatic carbocycles. The van der Waals surface area contributed by atoms with E-state index < -0.39 is 0 Å². The zero-order chi connectivity index (χ0) is 16.8. The van der Waals surface area contributed by atoms with E-state index in [0.29, 0.717) is 26.1 Å². The zero-order valence-electron chi connectivity index (χ0n) is 13.5. The summed E-state index contributed by atoms with van der Waals surface area (Å²) >= 11 is 1.65. The van der Waals surface area contributed by atoms with E-state index in [0.717, 1.165) is 4.88 Å². The largest absolute Gasteiger partial charge is 0.394 e. The van der Waals surface area contributed by atoms with Crippen molar-refractivity contribution in [2.75, 3.05) is 13.2 Å². The lowest BCUT2D eigenvalue weighted by Gasteiger charge is -2.28. The Kier molecular flexibility index (Phi) is 6.26. The number of carbonyl (C=O) groups is 1. The van der Waals surface area contributed by atoms with Crippen LogP contribution in [0.3, 0.4) is 0 Å². The van der Waals surface area contributed by atoms with Gasteiger partial charge in [-0.2, -0.15) is 0 Å². The second-order valence-electron chi connectivity index (χ2n) is 5.35. The molecule has 23 heavy (non-hydrogen) atoms. The average Bonchev–Trinajstić information content (AvgIpc) is 3.16. The Morgan fingerprint density at radius 2 is 2.30 bits per heavy atom. The Balaban J connectivity index is 2.22. The molecule has 0 fully saturated rings. The number of hydrogen-bond acceptors (Lipinski definition) is 6. The van der Waals surface area contributed by atoms with Crippen molar-refractivity contribution in [3.63, 3.8) is 0 Å². The van der Waals surface area contributed by atoms with E-state index in [4.69, 9.17) is 5.73 Å². The van der Waals surface area contributed by atoms with Crippen LogP contribution in [0.5, 0.6) is 0 Å². The number of nitrogens with two attached hydrogens (primary N) is 1. The lowest BCUT2D eigenvalue weighted by atomic mass is 10.2. The maximum Gasteiger partial charge on any atom is 0.276 e. The highest BCUT2D eigenvalue weighted by Gasteiger charge is 2.26. The molecule has 0 aliphatic rings. The lowest BCUT2D eigenvalue weighted by Crippen LogP contribution is -2.41. The molecular formula is C15H23N5O2S. The van der Waals surface area contributed by atoms with Crippen molar-refractivity contribution in [1.82, 2.24) is 19.9 Å². The Bertz CT molecular complexity index is 635. The highest BCUT2D eigenvalue weighted by molar-refractivity contribution is 7.11. The number of aromatic nitrogens is 3. The van der Waals surface area contributed by atoms with Gasteiger partial charge in [0.2, 0.25) is 0 Å². The fourth-order valence-electron chi connectivity index (χ4n) is 2.34. The Hall–Kier alpha value is -1.77. The Morgan fingerprint density at radius 3 is 2.87 bits per heavy atom. The van der Waals surface area contributed by atoms with Crippen molar-refractivity contribution in [1.29, 1.82) is 0 Å². The minimum atomic E-state index is -0.246. The molecule has 2 rings (SSSR count). The average molecular weight is 337 g/mol. The fourth-order valence-corrected chi connectivity index (χ4v) is 3.23. The number of amides is 1. The third kappa shape index (κ3) is 4.37. The summed E-state index contributed by atoms with van der Waals surface area (Å²) < 4.78 is 1.56. The number of aryl methyl sites for hydroxylation is 1. The highest BCUT2D eigenvalue weighted by atomic mass is 32.1. The van der Waals surface area contributed by atoms with E-state index in [9.17, 15) is 9.90 Å². The molecule has 0 unspecified atom stereocenters. The molecule has 0 spiro atoms. The maximum absolute atomic E-state index is 12.8. The summed E-state index contributed by atoms with van der Waals surface area (Å²) in [7, 11) is 0. The van der Waals surface area contributed by atoms with E-state index >= 15 is 0 Å². The molecule has 0 saturated heterocycles. The molecule has 0 radical (unpaired) electrons. The highest BCUT2D eigenvalue weighted by Crippen LogP contribution is 2.20. The van der Waals surface area contributed by atoms with Crippen LogP contribution < -0.4 is 5.73 Å². The Labute approximate surface area is 139 Å². The number of aliphatic hydroxyl groups is 1.